The zero-order chi connectivity index (χ0) is 28.9. The van der Waals surface area contributed by atoms with Gasteiger partial charge in [0.25, 0.3) is 0 Å². The summed E-state index contributed by atoms with van der Waals surface area (Å²) >= 11 is 1.74. The maximum absolute atomic E-state index is 5.25. The molecule has 2 aromatic heterocycles. The SMILES string of the molecule is C=C/C(=C\C1=C(C)c2cccc3cccc1c23)N(c1ccc(-c2ccccc2)cc1)c1ccc2c(n1)sc1ccccc12. The van der Waals surface area contributed by atoms with Crippen LogP contribution in [0.15, 0.2) is 152 Å². The molecule has 204 valence electrons. The van der Waals surface area contributed by atoms with Crippen LogP contribution < -0.4 is 4.90 Å². The first-order chi connectivity index (χ1) is 21.2. The maximum Gasteiger partial charge on any atom is 0.139 e. The van der Waals surface area contributed by atoms with Gasteiger partial charge in [-0.2, -0.15) is 0 Å². The fourth-order valence-electron chi connectivity index (χ4n) is 6.34. The Bertz CT molecular complexity index is 2250. The molecule has 0 atom stereocenters. The molecule has 0 aliphatic heterocycles. The Morgan fingerprint density at radius 1 is 0.698 bits per heavy atom. The summed E-state index contributed by atoms with van der Waals surface area (Å²) in [4.78, 5) is 8.51. The van der Waals surface area contributed by atoms with Crippen LogP contribution >= 0.6 is 11.3 Å². The molecule has 0 saturated carbocycles. The molecule has 0 radical (unpaired) electrons. The van der Waals surface area contributed by atoms with Crippen LogP contribution in [0.4, 0.5) is 11.5 Å². The monoisotopic (exact) mass is 568 g/mol. The van der Waals surface area contributed by atoms with Crippen molar-refractivity contribution in [1.29, 1.82) is 0 Å². The van der Waals surface area contributed by atoms with Crippen LogP contribution in [0.25, 0.3) is 53.3 Å². The summed E-state index contributed by atoms with van der Waals surface area (Å²) in [5.74, 6) is 0.865. The van der Waals surface area contributed by atoms with Gasteiger partial charge in [0.2, 0.25) is 0 Å². The average Bonchev–Trinajstić information content (AvgIpc) is 3.57. The van der Waals surface area contributed by atoms with Crippen LogP contribution in [-0.4, -0.2) is 4.98 Å². The molecular formula is C40H28N2S. The molecule has 2 heterocycles. The van der Waals surface area contributed by atoms with E-state index in [2.05, 4.69) is 152 Å². The largest absolute Gasteiger partial charge is 0.295 e. The molecule has 0 spiro atoms. The van der Waals surface area contributed by atoms with E-state index in [1.807, 2.05) is 6.08 Å². The predicted octanol–water partition coefficient (Wildman–Crippen LogP) is 11.4. The van der Waals surface area contributed by atoms with Crippen LogP contribution in [0.3, 0.4) is 0 Å². The Kier molecular flexibility index (Phi) is 6.06. The third-order valence-electron chi connectivity index (χ3n) is 8.45. The Hall–Kier alpha value is -5.25. The third-order valence-corrected chi connectivity index (χ3v) is 9.53. The molecule has 0 bridgehead atoms. The van der Waals surface area contributed by atoms with Crippen molar-refractivity contribution in [2.24, 2.45) is 0 Å². The standard InChI is InChI=1S/C40H28N2S/c1-3-30(25-36-26(2)32-16-9-13-29-14-10-17-34(36)39(29)32)42(31-21-19-28(20-22-31)27-11-5-4-6-12-27)38-24-23-35-33-15-7-8-18-37(33)43-40(35)41-38/h3-25H,1H2,2H3/b30-25+. The fourth-order valence-corrected chi connectivity index (χ4v) is 7.41. The van der Waals surface area contributed by atoms with Gasteiger partial charge in [-0.15, -0.1) is 11.3 Å². The number of aromatic nitrogens is 1. The quantitative estimate of drug-likeness (QED) is 0.186. The van der Waals surface area contributed by atoms with E-state index in [1.165, 1.54) is 59.6 Å². The Labute approximate surface area is 255 Å². The first-order valence-corrected chi connectivity index (χ1v) is 15.3. The van der Waals surface area contributed by atoms with Gasteiger partial charge >= 0.3 is 0 Å². The van der Waals surface area contributed by atoms with Crippen molar-refractivity contribution in [3.05, 3.63) is 163 Å². The average molecular weight is 569 g/mol. The zero-order valence-electron chi connectivity index (χ0n) is 23.8. The van der Waals surface area contributed by atoms with Crippen LogP contribution in [0.1, 0.15) is 18.1 Å². The van der Waals surface area contributed by atoms with E-state index < -0.39 is 0 Å². The summed E-state index contributed by atoms with van der Waals surface area (Å²) in [6, 6.07) is 45.3. The van der Waals surface area contributed by atoms with E-state index >= 15 is 0 Å². The molecule has 1 aliphatic carbocycles. The molecule has 0 unspecified atom stereocenters. The number of hydrogen-bond acceptors (Lipinski definition) is 3. The van der Waals surface area contributed by atoms with Crippen molar-refractivity contribution in [2.45, 2.75) is 6.92 Å². The molecule has 0 saturated heterocycles. The molecule has 0 fully saturated rings. The van der Waals surface area contributed by atoms with Crippen molar-refractivity contribution in [3.63, 3.8) is 0 Å². The molecular weight excluding hydrogens is 541 g/mol. The van der Waals surface area contributed by atoms with Gasteiger partial charge in [-0.3, -0.25) is 4.90 Å². The highest BCUT2D eigenvalue weighted by atomic mass is 32.1. The molecule has 0 N–H and O–H groups in total. The van der Waals surface area contributed by atoms with Gasteiger partial charge in [-0.05, 0) is 93.6 Å². The van der Waals surface area contributed by atoms with Gasteiger partial charge < -0.3 is 0 Å². The van der Waals surface area contributed by atoms with Crippen molar-refractivity contribution in [3.8, 4) is 11.1 Å². The zero-order valence-corrected chi connectivity index (χ0v) is 24.6. The second kappa shape index (κ2) is 10.2. The van der Waals surface area contributed by atoms with Gasteiger partial charge in [0.15, 0.2) is 0 Å². The highest BCUT2D eigenvalue weighted by molar-refractivity contribution is 7.25. The summed E-state index contributed by atoms with van der Waals surface area (Å²) in [6.07, 6.45) is 4.23. The number of benzene rings is 5. The number of allylic oxidation sites excluding steroid dienone is 4. The van der Waals surface area contributed by atoms with Crippen molar-refractivity contribution in [1.82, 2.24) is 4.98 Å². The lowest BCUT2D eigenvalue weighted by Crippen LogP contribution is -2.16. The Morgan fingerprint density at radius 2 is 1.42 bits per heavy atom. The molecule has 3 heteroatoms. The topological polar surface area (TPSA) is 16.1 Å². The predicted molar refractivity (Wildman–Crippen MR) is 186 cm³/mol. The number of thiophene rings is 1. The lowest BCUT2D eigenvalue weighted by molar-refractivity contribution is 1.16. The molecule has 0 amide bonds. The summed E-state index contributed by atoms with van der Waals surface area (Å²) in [5, 5.41) is 5.02. The van der Waals surface area contributed by atoms with Crippen LogP contribution in [0.5, 0.6) is 0 Å². The van der Waals surface area contributed by atoms with Crippen LogP contribution in [0.2, 0.25) is 0 Å². The van der Waals surface area contributed by atoms with E-state index in [9.17, 15) is 0 Å². The molecule has 1 aliphatic rings. The minimum atomic E-state index is 0.865. The third kappa shape index (κ3) is 4.20. The number of anilines is 2. The van der Waals surface area contributed by atoms with Gasteiger partial charge in [0.1, 0.15) is 10.6 Å². The number of pyridine rings is 1. The summed E-state index contributed by atoms with van der Waals surface area (Å²) in [6.45, 7) is 6.53. The first-order valence-electron chi connectivity index (χ1n) is 14.5. The minimum absolute atomic E-state index is 0.865. The number of nitrogens with zero attached hydrogens (tertiary/aromatic N) is 2. The maximum atomic E-state index is 5.25. The lowest BCUT2D eigenvalue weighted by atomic mass is 10.0. The van der Waals surface area contributed by atoms with E-state index in [0.717, 1.165) is 22.0 Å². The highest BCUT2D eigenvalue weighted by Gasteiger charge is 2.22. The molecule has 2 nitrogen and oxygen atoms in total. The second-order valence-electron chi connectivity index (χ2n) is 10.9. The van der Waals surface area contributed by atoms with Crippen molar-refractivity contribution >= 4 is 65.1 Å². The number of fused-ring (bicyclic) bond motifs is 3. The van der Waals surface area contributed by atoms with Gasteiger partial charge in [0, 0.05) is 26.9 Å². The van der Waals surface area contributed by atoms with Gasteiger partial charge in [-0.1, -0.05) is 104 Å². The number of hydrogen-bond donors (Lipinski definition) is 0. The highest BCUT2D eigenvalue weighted by Crippen LogP contribution is 2.44. The van der Waals surface area contributed by atoms with Gasteiger partial charge in [0.05, 0.1) is 0 Å². The normalized spacial score (nSPS) is 12.9. The van der Waals surface area contributed by atoms with Gasteiger partial charge in [-0.25, -0.2) is 4.98 Å². The van der Waals surface area contributed by atoms with E-state index in [1.54, 1.807) is 11.3 Å². The molecule has 43 heavy (non-hydrogen) atoms. The van der Waals surface area contributed by atoms with E-state index in [0.29, 0.717) is 0 Å². The summed E-state index contributed by atoms with van der Waals surface area (Å²) in [7, 11) is 0. The fraction of sp³-hybridized carbons (Fsp3) is 0.0250. The molecule has 8 rings (SSSR count). The number of rotatable bonds is 6. The van der Waals surface area contributed by atoms with Crippen molar-refractivity contribution in [2.75, 3.05) is 4.90 Å². The summed E-state index contributed by atoms with van der Waals surface area (Å²) < 4.78 is 1.25. The lowest BCUT2D eigenvalue weighted by Gasteiger charge is -2.26. The van der Waals surface area contributed by atoms with E-state index in [-0.39, 0.29) is 0 Å². The molecule has 7 aromatic rings. The Morgan fingerprint density at radius 3 is 2.21 bits per heavy atom. The first kappa shape index (κ1) is 25.5. The summed E-state index contributed by atoms with van der Waals surface area (Å²) in [5.41, 5.74) is 9.43. The van der Waals surface area contributed by atoms with Crippen LogP contribution in [0, 0.1) is 0 Å². The smallest absolute Gasteiger partial charge is 0.139 e. The second-order valence-corrected chi connectivity index (χ2v) is 11.9. The Balaban J connectivity index is 1.31. The van der Waals surface area contributed by atoms with Crippen molar-refractivity contribution < 1.29 is 0 Å². The minimum Gasteiger partial charge on any atom is -0.295 e. The van der Waals surface area contributed by atoms with E-state index in [4.69, 9.17) is 4.98 Å². The molecule has 5 aromatic carbocycles. The van der Waals surface area contributed by atoms with Crippen LogP contribution in [-0.2, 0) is 0 Å².